The lowest BCUT2D eigenvalue weighted by atomic mass is 9.98. The molecule has 0 aromatic rings. The molecule has 0 saturated carbocycles. The SMILES string of the molecule is CC/C=C\C/C=C\C/C=C\C/C=C\C/C=C\CC(=O)OC(COC(=O)CCCCCCCCCCCCCCCCCCC)COC1OC(C(=O)O)C(O)C(O)C1OC(=O)CCCCCCC/C=C\CCCCCCCC. The fraction of sp³-hybridized carbons (Fsp3) is 0.754. The number of carboxylic acids is 1. The topological polar surface area (TPSA) is 175 Å². The molecular formula is C65H110O12. The van der Waals surface area contributed by atoms with Crippen molar-refractivity contribution in [3.05, 3.63) is 72.9 Å². The lowest BCUT2D eigenvalue weighted by Gasteiger charge is -2.40. The number of esters is 3. The predicted molar refractivity (Wildman–Crippen MR) is 312 cm³/mol. The molecule has 6 atom stereocenters. The standard InChI is InChI=1S/C65H110O12/c1-4-7-10-13-16-19-22-25-28-29-32-33-36-39-42-45-48-51-57(66)73-54-56(75-58(67)52-49-46-43-40-37-34-30-26-23-20-17-14-11-8-5-2)55-74-65-63(61(70)60(69)62(77-65)64(71)72)76-59(68)53-50-47-44-41-38-35-31-27-24-21-18-15-12-9-6-3/h8,11,17,20,26-27,30-31,37,40,46,49,56,60-63,65,69-70H,4-7,9-10,12-16,18-19,21-25,28-29,32-36,38-39,41-45,47-48,50-55H2,1-3H3,(H,71,72)/b11-8-,20-17-,30-26-,31-27-,40-37-,49-46-. The number of allylic oxidation sites excluding steroid dienone is 11. The summed E-state index contributed by atoms with van der Waals surface area (Å²) in [7, 11) is 0. The number of aliphatic hydroxyl groups is 2. The molecular weight excluding hydrogens is 973 g/mol. The van der Waals surface area contributed by atoms with Crippen molar-refractivity contribution in [1.82, 2.24) is 0 Å². The van der Waals surface area contributed by atoms with Gasteiger partial charge in [0.1, 0.15) is 18.8 Å². The maximum atomic E-state index is 13.1. The van der Waals surface area contributed by atoms with Crippen LogP contribution in [0.1, 0.15) is 265 Å². The molecule has 0 bridgehead atoms. The second kappa shape index (κ2) is 52.8. The number of aliphatic hydroxyl groups excluding tert-OH is 2. The number of carbonyl (C=O) groups is 4. The molecule has 1 fully saturated rings. The fourth-order valence-electron chi connectivity index (χ4n) is 9.09. The Kier molecular flexibility index (Phi) is 48.8. The second-order valence-electron chi connectivity index (χ2n) is 21.0. The highest BCUT2D eigenvalue weighted by atomic mass is 16.7. The molecule has 12 nitrogen and oxygen atoms in total. The van der Waals surface area contributed by atoms with Crippen molar-refractivity contribution >= 4 is 23.9 Å². The summed E-state index contributed by atoms with van der Waals surface area (Å²) in [5.74, 6) is -3.29. The van der Waals surface area contributed by atoms with Gasteiger partial charge < -0.3 is 39.0 Å². The first-order valence-corrected chi connectivity index (χ1v) is 30.9. The quantitative estimate of drug-likeness (QED) is 0.0228. The molecule has 3 N–H and O–H groups in total. The van der Waals surface area contributed by atoms with Crippen LogP contribution in [0.4, 0.5) is 0 Å². The maximum absolute atomic E-state index is 13.1. The summed E-state index contributed by atoms with van der Waals surface area (Å²) in [4.78, 5) is 51.1. The summed E-state index contributed by atoms with van der Waals surface area (Å²) < 4.78 is 28.3. The summed E-state index contributed by atoms with van der Waals surface area (Å²) in [6, 6.07) is 0. The third-order valence-electron chi connectivity index (χ3n) is 13.8. The summed E-state index contributed by atoms with van der Waals surface area (Å²) in [6.07, 6.45) is 54.7. The second-order valence-corrected chi connectivity index (χ2v) is 21.0. The summed E-state index contributed by atoms with van der Waals surface area (Å²) in [6.45, 7) is 5.81. The molecule has 0 spiro atoms. The van der Waals surface area contributed by atoms with Crippen LogP contribution < -0.4 is 0 Å². The molecule has 6 unspecified atom stereocenters. The normalized spacial score (nSPS) is 18.5. The predicted octanol–water partition coefficient (Wildman–Crippen LogP) is 16.1. The highest BCUT2D eigenvalue weighted by Crippen LogP contribution is 2.26. The van der Waals surface area contributed by atoms with E-state index < -0.39 is 67.3 Å². The summed E-state index contributed by atoms with van der Waals surface area (Å²) in [5, 5.41) is 31.5. The van der Waals surface area contributed by atoms with Crippen LogP contribution in [-0.2, 0) is 42.9 Å². The van der Waals surface area contributed by atoms with E-state index in [-0.39, 0.29) is 25.9 Å². The average Bonchev–Trinajstić information content (AvgIpc) is 3.43. The van der Waals surface area contributed by atoms with Crippen LogP contribution in [0, 0.1) is 0 Å². The number of unbranched alkanes of at least 4 members (excludes halogenated alkanes) is 27. The molecule has 1 heterocycles. The first-order chi connectivity index (χ1) is 37.6. The van der Waals surface area contributed by atoms with Gasteiger partial charge >= 0.3 is 23.9 Å². The van der Waals surface area contributed by atoms with Crippen molar-refractivity contribution in [1.29, 1.82) is 0 Å². The lowest BCUT2D eigenvalue weighted by molar-refractivity contribution is -0.301. The number of hydrogen-bond acceptors (Lipinski definition) is 11. The van der Waals surface area contributed by atoms with E-state index >= 15 is 0 Å². The van der Waals surface area contributed by atoms with Gasteiger partial charge in [0.25, 0.3) is 0 Å². The van der Waals surface area contributed by atoms with Crippen LogP contribution in [0.25, 0.3) is 0 Å². The Morgan fingerprint density at radius 1 is 0.455 bits per heavy atom. The fourth-order valence-corrected chi connectivity index (χ4v) is 9.09. The van der Waals surface area contributed by atoms with Crippen molar-refractivity contribution in [2.24, 2.45) is 0 Å². The first kappa shape index (κ1) is 71.2. The van der Waals surface area contributed by atoms with E-state index in [0.29, 0.717) is 19.3 Å². The third kappa shape index (κ3) is 42.7. The lowest BCUT2D eigenvalue weighted by Crippen LogP contribution is -2.61. The van der Waals surface area contributed by atoms with E-state index in [1.807, 2.05) is 12.2 Å². The van der Waals surface area contributed by atoms with Crippen LogP contribution in [0.15, 0.2) is 72.9 Å². The number of carboxylic acid groups (broad SMARTS) is 1. The Bertz CT molecular complexity index is 1620. The molecule has 1 aliphatic rings. The zero-order valence-electron chi connectivity index (χ0n) is 48.7. The minimum absolute atomic E-state index is 0.0397. The van der Waals surface area contributed by atoms with Crippen molar-refractivity contribution in [3.63, 3.8) is 0 Å². The van der Waals surface area contributed by atoms with E-state index in [0.717, 1.165) is 83.5 Å². The van der Waals surface area contributed by atoms with Gasteiger partial charge in [-0.25, -0.2) is 4.79 Å². The smallest absolute Gasteiger partial charge is 0.335 e. The van der Waals surface area contributed by atoms with Gasteiger partial charge in [0.15, 0.2) is 24.6 Å². The number of ether oxygens (including phenoxy) is 5. The number of rotatable bonds is 52. The van der Waals surface area contributed by atoms with Crippen molar-refractivity contribution in [2.45, 2.75) is 302 Å². The van der Waals surface area contributed by atoms with Crippen LogP contribution >= 0.6 is 0 Å². The Labute approximate surface area is 468 Å². The van der Waals surface area contributed by atoms with Gasteiger partial charge in [-0.3, -0.25) is 14.4 Å². The molecule has 1 saturated heterocycles. The van der Waals surface area contributed by atoms with Crippen LogP contribution in [0.2, 0.25) is 0 Å². The van der Waals surface area contributed by atoms with Crippen LogP contribution in [0.3, 0.4) is 0 Å². The van der Waals surface area contributed by atoms with Gasteiger partial charge in [-0.1, -0.05) is 248 Å². The molecule has 0 radical (unpaired) electrons. The largest absolute Gasteiger partial charge is 0.479 e. The highest BCUT2D eigenvalue weighted by Gasteiger charge is 2.50. The van der Waals surface area contributed by atoms with E-state index in [4.69, 9.17) is 23.7 Å². The molecule has 0 aliphatic carbocycles. The number of hydrogen-bond donors (Lipinski definition) is 3. The zero-order valence-corrected chi connectivity index (χ0v) is 48.7. The van der Waals surface area contributed by atoms with Gasteiger partial charge in [0, 0.05) is 12.8 Å². The molecule has 12 heteroatoms. The van der Waals surface area contributed by atoms with E-state index in [2.05, 4.69) is 75.5 Å². The number of carbonyl (C=O) groups excluding carboxylic acids is 3. The van der Waals surface area contributed by atoms with E-state index in [1.165, 1.54) is 122 Å². The van der Waals surface area contributed by atoms with Gasteiger partial charge in [-0.2, -0.15) is 0 Å². The average molecular weight is 1080 g/mol. The maximum Gasteiger partial charge on any atom is 0.335 e. The molecule has 0 aromatic carbocycles. The molecule has 77 heavy (non-hydrogen) atoms. The monoisotopic (exact) mass is 1080 g/mol. The minimum atomic E-state index is -1.92. The van der Waals surface area contributed by atoms with E-state index in [1.54, 1.807) is 6.08 Å². The Morgan fingerprint density at radius 3 is 1.30 bits per heavy atom. The minimum Gasteiger partial charge on any atom is -0.479 e. The Hall–Kier alpha value is -3.84. The first-order valence-electron chi connectivity index (χ1n) is 30.9. The van der Waals surface area contributed by atoms with Crippen molar-refractivity contribution < 1.29 is 58.2 Å². The molecule has 1 aliphatic heterocycles. The summed E-state index contributed by atoms with van der Waals surface area (Å²) in [5.41, 5.74) is 0. The Morgan fingerprint density at radius 2 is 0.857 bits per heavy atom. The third-order valence-corrected chi connectivity index (χ3v) is 13.8. The Balaban J connectivity index is 2.72. The number of aliphatic carboxylic acids is 1. The zero-order chi connectivity index (χ0) is 56.1. The van der Waals surface area contributed by atoms with Gasteiger partial charge in [0.2, 0.25) is 0 Å². The van der Waals surface area contributed by atoms with Gasteiger partial charge in [-0.15, -0.1) is 0 Å². The van der Waals surface area contributed by atoms with Gasteiger partial charge in [0.05, 0.1) is 13.0 Å². The van der Waals surface area contributed by atoms with E-state index in [9.17, 15) is 34.5 Å². The van der Waals surface area contributed by atoms with Crippen LogP contribution in [-0.4, -0.2) is 89.2 Å². The van der Waals surface area contributed by atoms with Gasteiger partial charge in [-0.05, 0) is 70.6 Å². The van der Waals surface area contributed by atoms with Crippen LogP contribution in [0.5, 0.6) is 0 Å². The van der Waals surface area contributed by atoms with Crippen molar-refractivity contribution in [3.8, 4) is 0 Å². The molecule has 0 aromatic heterocycles. The highest BCUT2D eigenvalue weighted by molar-refractivity contribution is 5.74. The van der Waals surface area contributed by atoms with Crippen molar-refractivity contribution in [2.75, 3.05) is 13.2 Å². The molecule has 0 amide bonds. The molecule has 1 rings (SSSR count). The summed E-state index contributed by atoms with van der Waals surface area (Å²) >= 11 is 0. The molecule has 442 valence electrons.